The van der Waals surface area contributed by atoms with Crippen LogP contribution in [0.1, 0.15) is 35.4 Å². The summed E-state index contributed by atoms with van der Waals surface area (Å²) in [5.74, 6) is 0.261. The Bertz CT molecular complexity index is 1290. The molecule has 0 saturated carbocycles. The monoisotopic (exact) mass is 415 g/mol. The molecule has 8 heteroatoms. The summed E-state index contributed by atoms with van der Waals surface area (Å²) >= 11 is 0. The zero-order chi connectivity index (χ0) is 21.2. The molecule has 0 bridgehead atoms. The van der Waals surface area contributed by atoms with Crippen LogP contribution in [0.25, 0.3) is 22.8 Å². The third-order valence-corrected chi connectivity index (χ3v) is 5.45. The number of carbonyl (C=O) groups excluding carboxylic acids is 1. The number of imidazole rings is 1. The molecule has 0 spiro atoms. The van der Waals surface area contributed by atoms with Gasteiger partial charge in [0.25, 0.3) is 5.91 Å². The quantitative estimate of drug-likeness (QED) is 0.526. The van der Waals surface area contributed by atoms with Crippen molar-refractivity contribution in [3.05, 3.63) is 76.5 Å². The molecule has 1 aliphatic heterocycles. The molecule has 0 radical (unpaired) electrons. The molecule has 0 fully saturated rings. The Morgan fingerprint density at radius 3 is 2.68 bits per heavy atom. The van der Waals surface area contributed by atoms with E-state index in [-0.39, 0.29) is 5.91 Å². The lowest BCUT2D eigenvalue weighted by Crippen LogP contribution is -2.15. The van der Waals surface area contributed by atoms with E-state index < -0.39 is 5.76 Å². The second kappa shape index (κ2) is 8.06. The maximum absolute atomic E-state index is 13.2. The number of H-pyrrole nitrogens is 1. The van der Waals surface area contributed by atoms with Crippen LogP contribution in [0.5, 0.6) is 0 Å². The molecule has 31 heavy (non-hydrogen) atoms. The second-order valence-electron chi connectivity index (χ2n) is 7.54. The normalized spacial score (nSPS) is 13.4. The minimum Gasteiger partial charge on any atom is -0.327 e. The van der Waals surface area contributed by atoms with Crippen molar-refractivity contribution in [1.29, 1.82) is 0 Å². The van der Waals surface area contributed by atoms with Crippen LogP contribution in [0.2, 0.25) is 0 Å². The van der Waals surface area contributed by atoms with E-state index in [1.165, 1.54) is 0 Å². The number of rotatable bonds is 4. The van der Waals surface area contributed by atoms with E-state index in [0.717, 1.165) is 49.3 Å². The Kier molecular flexibility index (Phi) is 4.95. The Labute approximate surface area is 177 Å². The number of aromatic nitrogens is 4. The first kappa shape index (κ1) is 19.0. The largest absolute Gasteiger partial charge is 0.439 e. The molecule has 2 aromatic carbocycles. The van der Waals surface area contributed by atoms with Crippen molar-refractivity contribution in [2.75, 3.05) is 5.32 Å². The van der Waals surface area contributed by atoms with E-state index >= 15 is 0 Å². The van der Waals surface area contributed by atoms with Crippen LogP contribution in [0, 0.1) is 0 Å². The Balaban J connectivity index is 1.48. The maximum atomic E-state index is 13.2. The van der Waals surface area contributed by atoms with E-state index in [1.54, 1.807) is 24.3 Å². The van der Waals surface area contributed by atoms with Crippen LogP contribution in [0.3, 0.4) is 0 Å². The first-order valence-electron chi connectivity index (χ1n) is 10.3. The lowest BCUT2D eigenvalue weighted by atomic mass is 10.1. The van der Waals surface area contributed by atoms with Crippen LogP contribution >= 0.6 is 0 Å². The fourth-order valence-corrected chi connectivity index (χ4v) is 4.00. The molecule has 8 nitrogen and oxygen atoms in total. The molecule has 2 N–H and O–H groups in total. The molecule has 0 saturated heterocycles. The van der Waals surface area contributed by atoms with Crippen molar-refractivity contribution >= 4 is 11.6 Å². The molecule has 0 aliphatic carbocycles. The average molecular weight is 415 g/mol. The number of nitrogens with zero attached hydrogens (tertiary/aromatic N) is 3. The van der Waals surface area contributed by atoms with Gasteiger partial charge in [-0.2, -0.15) is 0 Å². The summed E-state index contributed by atoms with van der Waals surface area (Å²) in [4.78, 5) is 31.7. The summed E-state index contributed by atoms with van der Waals surface area (Å²) in [5.41, 5.74) is 3.66. The summed E-state index contributed by atoms with van der Waals surface area (Å²) in [5, 5.41) is 6.64. The number of hydrogen-bond donors (Lipinski definition) is 2. The highest BCUT2D eigenvalue weighted by Crippen LogP contribution is 2.28. The third kappa shape index (κ3) is 3.79. The summed E-state index contributed by atoms with van der Waals surface area (Å²) in [6.45, 7) is 0.856. The highest BCUT2D eigenvalue weighted by molar-refractivity contribution is 6.04. The average Bonchev–Trinajstić information content (AvgIpc) is 3.30. The fourth-order valence-electron chi connectivity index (χ4n) is 4.00. The van der Waals surface area contributed by atoms with Gasteiger partial charge in [-0.25, -0.2) is 9.78 Å². The number of anilines is 1. The van der Waals surface area contributed by atoms with E-state index in [4.69, 9.17) is 4.98 Å². The lowest BCUT2D eigenvalue weighted by molar-refractivity contribution is 0.102. The molecule has 156 valence electrons. The summed E-state index contributed by atoms with van der Waals surface area (Å²) in [6.07, 6.45) is 4.06. The third-order valence-electron chi connectivity index (χ3n) is 5.45. The highest BCUT2D eigenvalue weighted by atomic mass is 16.5. The van der Waals surface area contributed by atoms with Crippen LogP contribution < -0.4 is 11.1 Å². The molecular formula is C23H21N5O3. The van der Waals surface area contributed by atoms with Gasteiger partial charge in [-0.15, -0.1) is 0 Å². The minimum atomic E-state index is -0.626. The topological polar surface area (TPSA) is 106 Å². The van der Waals surface area contributed by atoms with E-state index in [2.05, 4.69) is 24.5 Å². The number of amides is 1. The zero-order valence-corrected chi connectivity index (χ0v) is 16.8. The van der Waals surface area contributed by atoms with Gasteiger partial charge in [0.2, 0.25) is 0 Å². The van der Waals surface area contributed by atoms with Crippen LogP contribution in [0.15, 0.2) is 63.9 Å². The summed E-state index contributed by atoms with van der Waals surface area (Å²) in [6, 6.07) is 17.0. The first-order chi connectivity index (χ1) is 15.2. The van der Waals surface area contributed by atoms with Crippen LogP contribution in [-0.4, -0.2) is 25.6 Å². The molecule has 3 heterocycles. The van der Waals surface area contributed by atoms with Crippen molar-refractivity contribution in [3.8, 4) is 22.8 Å². The van der Waals surface area contributed by atoms with E-state index in [0.29, 0.717) is 22.8 Å². The number of fused-ring (bicyclic) bond motifs is 1. The maximum Gasteiger partial charge on any atom is 0.439 e. The first-order valence-corrected chi connectivity index (χ1v) is 10.3. The van der Waals surface area contributed by atoms with Gasteiger partial charge in [0, 0.05) is 23.4 Å². The smallest absolute Gasteiger partial charge is 0.327 e. The zero-order valence-electron chi connectivity index (χ0n) is 16.8. The predicted molar refractivity (Wildman–Crippen MR) is 116 cm³/mol. The van der Waals surface area contributed by atoms with Crippen LogP contribution in [-0.2, 0) is 13.0 Å². The molecule has 4 aromatic rings. The molecule has 2 aromatic heterocycles. The predicted octanol–water partition coefficient (Wildman–Crippen LogP) is 3.87. The Morgan fingerprint density at radius 1 is 1.03 bits per heavy atom. The molecule has 1 aliphatic rings. The molecule has 5 rings (SSSR count). The number of aromatic amines is 1. The number of carbonyl (C=O) groups is 1. The standard InChI is InChI=1S/C23H21N5O3/c29-22(24-17-11-7-10-16(14-17)20-26-23(30)31-27-20)19-18-12-5-2-6-13-28(18)21(25-19)15-8-3-1-4-9-15/h1,3-4,7-11,14H,2,5-6,12-13H2,(H,24,29)(H,26,27,30). The lowest BCUT2D eigenvalue weighted by Gasteiger charge is -2.09. The van der Waals surface area contributed by atoms with Crippen molar-refractivity contribution in [2.45, 2.75) is 32.2 Å². The van der Waals surface area contributed by atoms with Crippen molar-refractivity contribution < 1.29 is 9.32 Å². The van der Waals surface area contributed by atoms with Gasteiger partial charge in [-0.3, -0.25) is 14.3 Å². The van der Waals surface area contributed by atoms with Gasteiger partial charge in [-0.05, 0) is 31.4 Å². The number of hydrogen-bond acceptors (Lipinski definition) is 5. The van der Waals surface area contributed by atoms with Gasteiger partial charge < -0.3 is 9.88 Å². The SMILES string of the molecule is O=C(Nc1cccc(-c2noc(=O)[nH]2)c1)c1nc(-c2ccccc2)n2c1CCCCC2. The van der Waals surface area contributed by atoms with E-state index in [1.807, 2.05) is 30.3 Å². The van der Waals surface area contributed by atoms with E-state index in [9.17, 15) is 9.59 Å². The molecular weight excluding hydrogens is 394 g/mol. The summed E-state index contributed by atoms with van der Waals surface area (Å²) in [7, 11) is 0. The Hall–Kier alpha value is -3.94. The second-order valence-corrected chi connectivity index (χ2v) is 7.54. The number of benzene rings is 2. The Morgan fingerprint density at radius 2 is 1.87 bits per heavy atom. The molecule has 0 unspecified atom stereocenters. The molecule has 1 amide bonds. The fraction of sp³-hybridized carbons (Fsp3) is 0.217. The minimum absolute atomic E-state index is 0.251. The van der Waals surface area contributed by atoms with Gasteiger partial charge >= 0.3 is 5.76 Å². The summed E-state index contributed by atoms with van der Waals surface area (Å²) < 4.78 is 6.76. The van der Waals surface area contributed by atoms with Crippen molar-refractivity contribution in [3.63, 3.8) is 0 Å². The van der Waals surface area contributed by atoms with Crippen molar-refractivity contribution in [2.24, 2.45) is 0 Å². The molecule has 0 atom stereocenters. The van der Waals surface area contributed by atoms with Crippen molar-refractivity contribution in [1.82, 2.24) is 19.7 Å². The van der Waals surface area contributed by atoms with Gasteiger partial charge in [-0.1, -0.05) is 54.0 Å². The van der Waals surface area contributed by atoms with Gasteiger partial charge in [0.15, 0.2) is 5.82 Å². The van der Waals surface area contributed by atoms with Gasteiger partial charge in [0.1, 0.15) is 11.5 Å². The highest BCUT2D eigenvalue weighted by Gasteiger charge is 2.24. The van der Waals surface area contributed by atoms with Gasteiger partial charge in [0.05, 0.1) is 5.69 Å². The van der Waals surface area contributed by atoms with Crippen LogP contribution in [0.4, 0.5) is 5.69 Å². The number of nitrogens with one attached hydrogen (secondary N) is 2.